The molecule has 2 aromatic rings. The SMILES string of the molecule is C=CCNC(=O)c1cc(Nc2cc(OC)c(Cl)cc2OC)ccn1. The smallest absolute Gasteiger partial charge is 0.270 e. The number of nitrogens with zero attached hydrogens (tertiary/aromatic N) is 1. The van der Waals surface area contributed by atoms with Crippen molar-refractivity contribution in [2.45, 2.75) is 0 Å². The van der Waals surface area contributed by atoms with Crippen LogP contribution in [0.15, 0.2) is 43.1 Å². The number of benzene rings is 1. The number of methoxy groups -OCH3 is 2. The van der Waals surface area contributed by atoms with Gasteiger partial charge >= 0.3 is 0 Å². The number of hydrogen-bond acceptors (Lipinski definition) is 5. The van der Waals surface area contributed by atoms with E-state index in [0.29, 0.717) is 40.1 Å². The summed E-state index contributed by atoms with van der Waals surface area (Å²) in [5.41, 5.74) is 1.63. The standard InChI is InChI=1S/C17H18ClN3O3/c1-4-6-20-17(22)14-8-11(5-7-19-14)21-13-10-15(23-2)12(18)9-16(13)24-3/h4-5,7-10H,1,6H2,2-3H3,(H,19,21)(H,20,22). The maximum Gasteiger partial charge on any atom is 0.270 e. The molecule has 0 saturated heterocycles. The third-order valence-electron chi connectivity index (χ3n) is 3.15. The topological polar surface area (TPSA) is 72.5 Å². The third-order valence-corrected chi connectivity index (χ3v) is 3.45. The van der Waals surface area contributed by atoms with Crippen molar-refractivity contribution in [3.8, 4) is 11.5 Å². The molecule has 0 radical (unpaired) electrons. The van der Waals surface area contributed by atoms with E-state index in [4.69, 9.17) is 21.1 Å². The number of carbonyl (C=O) groups excluding carboxylic acids is 1. The minimum Gasteiger partial charge on any atom is -0.495 e. The van der Waals surface area contributed by atoms with E-state index >= 15 is 0 Å². The van der Waals surface area contributed by atoms with Crippen LogP contribution in [0.25, 0.3) is 0 Å². The molecule has 1 amide bonds. The minimum absolute atomic E-state index is 0.279. The summed E-state index contributed by atoms with van der Waals surface area (Å²) < 4.78 is 10.5. The van der Waals surface area contributed by atoms with Gasteiger partial charge in [-0.05, 0) is 12.1 Å². The number of ether oxygens (including phenoxy) is 2. The predicted molar refractivity (Wildman–Crippen MR) is 94.6 cm³/mol. The molecule has 126 valence electrons. The monoisotopic (exact) mass is 347 g/mol. The van der Waals surface area contributed by atoms with Crippen LogP contribution in [0.1, 0.15) is 10.5 Å². The highest BCUT2D eigenvalue weighted by molar-refractivity contribution is 6.32. The highest BCUT2D eigenvalue weighted by atomic mass is 35.5. The van der Waals surface area contributed by atoms with Crippen molar-refractivity contribution in [1.82, 2.24) is 10.3 Å². The molecule has 6 nitrogen and oxygen atoms in total. The summed E-state index contributed by atoms with van der Waals surface area (Å²) in [6.07, 6.45) is 3.15. The zero-order valence-corrected chi connectivity index (χ0v) is 14.2. The number of hydrogen-bond donors (Lipinski definition) is 2. The largest absolute Gasteiger partial charge is 0.495 e. The first-order valence-electron chi connectivity index (χ1n) is 7.12. The van der Waals surface area contributed by atoms with Crippen LogP contribution in [0.5, 0.6) is 11.5 Å². The highest BCUT2D eigenvalue weighted by Crippen LogP contribution is 2.37. The van der Waals surface area contributed by atoms with Crippen LogP contribution < -0.4 is 20.1 Å². The van der Waals surface area contributed by atoms with Crippen LogP contribution in [0.2, 0.25) is 5.02 Å². The average molecular weight is 348 g/mol. The van der Waals surface area contributed by atoms with Gasteiger partial charge in [0.25, 0.3) is 5.91 Å². The molecule has 24 heavy (non-hydrogen) atoms. The number of anilines is 2. The van der Waals surface area contributed by atoms with E-state index in [-0.39, 0.29) is 5.91 Å². The first-order chi connectivity index (χ1) is 11.6. The van der Waals surface area contributed by atoms with Gasteiger partial charge in [-0.3, -0.25) is 9.78 Å². The lowest BCUT2D eigenvalue weighted by molar-refractivity contribution is 0.0953. The normalized spacial score (nSPS) is 9.96. The van der Waals surface area contributed by atoms with Crippen molar-refractivity contribution in [3.63, 3.8) is 0 Å². The fraction of sp³-hybridized carbons (Fsp3) is 0.176. The van der Waals surface area contributed by atoms with Gasteiger partial charge in [-0.1, -0.05) is 17.7 Å². The first-order valence-corrected chi connectivity index (χ1v) is 7.50. The van der Waals surface area contributed by atoms with E-state index in [1.807, 2.05) is 0 Å². The Morgan fingerprint density at radius 2 is 2.04 bits per heavy atom. The molecule has 7 heteroatoms. The van der Waals surface area contributed by atoms with Gasteiger partial charge in [0, 0.05) is 30.6 Å². The van der Waals surface area contributed by atoms with Gasteiger partial charge in [-0.2, -0.15) is 0 Å². The fourth-order valence-corrected chi connectivity index (χ4v) is 2.23. The minimum atomic E-state index is -0.279. The van der Waals surface area contributed by atoms with E-state index in [9.17, 15) is 4.79 Å². The molecule has 0 atom stereocenters. The number of carbonyl (C=O) groups is 1. The maximum absolute atomic E-state index is 12.0. The summed E-state index contributed by atoms with van der Waals surface area (Å²) in [6.45, 7) is 3.93. The Bertz CT molecular complexity index is 750. The highest BCUT2D eigenvalue weighted by Gasteiger charge is 2.12. The molecular weight excluding hydrogens is 330 g/mol. The predicted octanol–water partition coefficient (Wildman–Crippen LogP) is 3.41. The van der Waals surface area contributed by atoms with E-state index in [1.54, 1.807) is 43.6 Å². The Morgan fingerprint density at radius 1 is 1.29 bits per heavy atom. The second-order valence-electron chi connectivity index (χ2n) is 4.74. The lowest BCUT2D eigenvalue weighted by Gasteiger charge is -2.14. The lowest BCUT2D eigenvalue weighted by atomic mass is 10.2. The summed E-state index contributed by atoms with van der Waals surface area (Å²) >= 11 is 6.09. The van der Waals surface area contributed by atoms with Gasteiger partial charge in [-0.15, -0.1) is 6.58 Å². The summed E-state index contributed by atoms with van der Waals surface area (Å²) in [7, 11) is 3.08. The number of rotatable bonds is 7. The Balaban J connectivity index is 2.28. The zero-order valence-electron chi connectivity index (χ0n) is 13.4. The quantitative estimate of drug-likeness (QED) is 0.751. The van der Waals surface area contributed by atoms with Crippen LogP contribution in [0.3, 0.4) is 0 Å². The Labute approximate surface area is 145 Å². The molecule has 0 aliphatic rings. The van der Waals surface area contributed by atoms with Crippen LogP contribution in [-0.2, 0) is 0 Å². The molecule has 0 spiro atoms. The number of amides is 1. The second-order valence-corrected chi connectivity index (χ2v) is 5.15. The molecule has 0 bridgehead atoms. The van der Waals surface area contributed by atoms with Crippen molar-refractivity contribution in [2.24, 2.45) is 0 Å². The van der Waals surface area contributed by atoms with E-state index < -0.39 is 0 Å². The maximum atomic E-state index is 12.0. The van der Waals surface area contributed by atoms with Crippen LogP contribution >= 0.6 is 11.6 Å². The van der Waals surface area contributed by atoms with Crippen molar-refractivity contribution < 1.29 is 14.3 Å². The van der Waals surface area contributed by atoms with E-state index in [2.05, 4.69) is 22.2 Å². The first kappa shape index (κ1) is 17.6. The Kier molecular flexibility index (Phi) is 6.03. The van der Waals surface area contributed by atoms with Crippen LogP contribution in [0, 0.1) is 0 Å². The Hall–Kier alpha value is -2.73. The number of nitrogens with one attached hydrogen (secondary N) is 2. The number of halogens is 1. The average Bonchev–Trinajstić information content (AvgIpc) is 2.60. The molecule has 0 fully saturated rings. The van der Waals surface area contributed by atoms with E-state index in [0.717, 1.165) is 0 Å². The summed E-state index contributed by atoms with van der Waals surface area (Å²) in [6, 6.07) is 6.75. The summed E-state index contributed by atoms with van der Waals surface area (Å²) in [5.74, 6) is 0.785. The molecule has 1 aromatic heterocycles. The Morgan fingerprint density at radius 3 is 2.71 bits per heavy atom. The summed E-state index contributed by atoms with van der Waals surface area (Å²) in [5, 5.41) is 6.30. The summed E-state index contributed by atoms with van der Waals surface area (Å²) in [4.78, 5) is 16.0. The molecular formula is C17H18ClN3O3. The van der Waals surface area contributed by atoms with Crippen LogP contribution in [-0.4, -0.2) is 31.7 Å². The van der Waals surface area contributed by atoms with Gasteiger partial charge < -0.3 is 20.1 Å². The van der Waals surface area contributed by atoms with E-state index in [1.165, 1.54) is 7.11 Å². The molecule has 0 unspecified atom stereocenters. The molecule has 1 aromatic carbocycles. The zero-order chi connectivity index (χ0) is 17.5. The number of aromatic nitrogens is 1. The third kappa shape index (κ3) is 4.17. The molecule has 0 aliphatic heterocycles. The molecule has 2 rings (SSSR count). The molecule has 0 saturated carbocycles. The van der Waals surface area contributed by atoms with Gasteiger partial charge in [0.1, 0.15) is 17.2 Å². The second kappa shape index (κ2) is 8.21. The van der Waals surface area contributed by atoms with Gasteiger partial charge in [-0.25, -0.2) is 0 Å². The van der Waals surface area contributed by atoms with Gasteiger partial charge in [0.2, 0.25) is 0 Å². The molecule has 0 aliphatic carbocycles. The fourth-order valence-electron chi connectivity index (χ4n) is 2.00. The van der Waals surface area contributed by atoms with Crippen molar-refractivity contribution >= 4 is 28.9 Å². The molecule has 1 heterocycles. The lowest BCUT2D eigenvalue weighted by Crippen LogP contribution is -2.24. The molecule has 2 N–H and O–H groups in total. The van der Waals surface area contributed by atoms with Crippen molar-refractivity contribution in [2.75, 3.05) is 26.1 Å². The van der Waals surface area contributed by atoms with Gasteiger partial charge in [0.15, 0.2) is 0 Å². The van der Waals surface area contributed by atoms with Crippen molar-refractivity contribution in [1.29, 1.82) is 0 Å². The van der Waals surface area contributed by atoms with Gasteiger partial charge in [0.05, 0.1) is 24.9 Å². The van der Waals surface area contributed by atoms with Crippen LogP contribution in [0.4, 0.5) is 11.4 Å². The number of pyridine rings is 1. The van der Waals surface area contributed by atoms with Crippen molar-refractivity contribution in [3.05, 3.63) is 53.8 Å².